The Morgan fingerprint density at radius 2 is 1.86 bits per heavy atom. The van der Waals surface area contributed by atoms with E-state index in [0.29, 0.717) is 11.5 Å². The molecule has 2 aromatic rings. The summed E-state index contributed by atoms with van der Waals surface area (Å²) in [6, 6.07) is 16.6. The second-order valence-electron chi connectivity index (χ2n) is 5.62. The van der Waals surface area contributed by atoms with E-state index in [-0.39, 0.29) is 0 Å². The quantitative estimate of drug-likeness (QED) is 0.864. The fraction of sp³-hybridized carbons (Fsp3) is 0.333. The Bertz CT molecular complexity index is 605. The summed E-state index contributed by atoms with van der Waals surface area (Å²) in [5.74, 6) is 0.532. The molecule has 2 heterocycles. The van der Waals surface area contributed by atoms with E-state index in [4.69, 9.17) is 5.26 Å². The molecule has 0 aliphatic carbocycles. The molecule has 0 N–H and O–H groups in total. The zero-order chi connectivity index (χ0) is 14.5. The fourth-order valence-electron chi connectivity index (χ4n) is 2.94. The molecule has 21 heavy (non-hydrogen) atoms. The molecule has 1 fully saturated rings. The second kappa shape index (κ2) is 6.51. The summed E-state index contributed by atoms with van der Waals surface area (Å²) in [6.07, 6.45) is 3.98. The maximum atomic E-state index is 8.82. The molecule has 1 aliphatic rings. The SMILES string of the molecule is N#Cc1ccc(C2CCN(Cc3ccccc3)CC2)nc1. The molecule has 0 unspecified atom stereocenters. The first kappa shape index (κ1) is 13.8. The highest BCUT2D eigenvalue weighted by atomic mass is 15.1. The molecule has 1 aromatic heterocycles. The van der Waals surface area contributed by atoms with Crippen molar-refractivity contribution in [3.63, 3.8) is 0 Å². The van der Waals surface area contributed by atoms with Gasteiger partial charge in [0.05, 0.1) is 5.56 Å². The molecule has 1 aliphatic heterocycles. The van der Waals surface area contributed by atoms with E-state index in [9.17, 15) is 0 Å². The highest BCUT2D eigenvalue weighted by Gasteiger charge is 2.21. The third-order valence-corrected chi connectivity index (χ3v) is 4.17. The summed E-state index contributed by atoms with van der Waals surface area (Å²) in [5, 5.41) is 8.82. The monoisotopic (exact) mass is 277 g/mol. The second-order valence-corrected chi connectivity index (χ2v) is 5.62. The summed E-state index contributed by atoms with van der Waals surface area (Å²) in [7, 11) is 0. The van der Waals surface area contributed by atoms with Crippen LogP contribution >= 0.6 is 0 Å². The lowest BCUT2D eigenvalue weighted by Gasteiger charge is -2.31. The maximum absolute atomic E-state index is 8.82. The molecule has 0 atom stereocenters. The van der Waals surface area contributed by atoms with Crippen LogP contribution in [0.25, 0.3) is 0 Å². The molecule has 0 spiro atoms. The summed E-state index contributed by atoms with van der Waals surface area (Å²) in [4.78, 5) is 6.95. The molecular weight excluding hydrogens is 258 g/mol. The zero-order valence-electron chi connectivity index (χ0n) is 12.1. The van der Waals surface area contributed by atoms with Crippen LogP contribution in [-0.2, 0) is 6.54 Å². The molecule has 0 saturated carbocycles. The van der Waals surface area contributed by atoms with Crippen molar-refractivity contribution in [2.24, 2.45) is 0 Å². The van der Waals surface area contributed by atoms with Crippen molar-refractivity contribution in [3.05, 3.63) is 65.5 Å². The number of aromatic nitrogens is 1. The predicted molar refractivity (Wildman–Crippen MR) is 82.6 cm³/mol. The number of benzene rings is 1. The molecule has 1 saturated heterocycles. The summed E-state index contributed by atoms with van der Waals surface area (Å²) in [5.41, 5.74) is 3.15. The number of pyridine rings is 1. The highest BCUT2D eigenvalue weighted by Crippen LogP contribution is 2.27. The fourth-order valence-corrected chi connectivity index (χ4v) is 2.94. The zero-order valence-corrected chi connectivity index (χ0v) is 12.1. The van der Waals surface area contributed by atoms with Crippen LogP contribution in [0.15, 0.2) is 48.7 Å². The van der Waals surface area contributed by atoms with Gasteiger partial charge in [0.15, 0.2) is 0 Å². The van der Waals surface area contributed by atoms with E-state index in [2.05, 4.69) is 46.3 Å². The van der Waals surface area contributed by atoms with Gasteiger partial charge in [-0.05, 0) is 43.6 Å². The Morgan fingerprint density at radius 1 is 1.10 bits per heavy atom. The molecule has 106 valence electrons. The van der Waals surface area contributed by atoms with Crippen molar-refractivity contribution in [2.75, 3.05) is 13.1 Å². The minimum atomic E-state index is 0.532. The molecule has 0 radical (unpaired) electrons. The minimum Gasteiger partial charge on any atom is -0.299 e. The van der Waals surface area contributed by atoms with Crippen LogP contribution < -0.4 is 0 Å². The molecule has 3 heteroatoms. The van der Waals surface area contributed by atoms with Crippen molar-refractivity contribution in [1.82, 2.24) is 9.88 Å². The number of nitriles is 1. The van der Waals surface area contributed by atoms with E-state index in [1.54, 1.807) is 6.20 Å². The largest absolute Gasteiger partial charge is 0.299 e. The van der Waals surface area contributed by atoms with Crippen molar-refractivity contribution >= 4 is 0 Å². The van der Waals surface area contributed by atoms with Gasteiger partial charge in [0.1, 0.15) is 6.07 Å². The normalized spacial score (nSPS) is 16.5. The van der Waals surface area contributed by atoms with E-state index < -0.39 is 0 Å². The van der Waals surface area contributed by atoms with Gasteiger partial charge in [-0.3, -0.25) is 9.88 Å². The van der Waals surface area contributed by atoms with Gasteiger partial charge in [0.2, 0.25) is 0 Å². The Morgan fingerprint density at radius 3 is 2.48 bits per heavy atom. The average Bonchev–Trinajstić information content (AvgIpc) is 2.57. The lowest BCUT2D eigenvalue weighted by molar-refractivity contribution is 0.203. The summed E-state index contributed by atoms with van der Waals surface area (Å²) >= 11 is 0. The number of rotatable bonds is 3. The number of nitrogens with zero attached hydrogens (tertiary/aromatic N) is 3. The molecule has 1 aromatic carbocycles. The van der Waals surface area contributed by atoms with E-state index in [0.717, 1.165) is 38.2 Å². The predicted octanol–water partition coefficient (Wildman–Crippen LogP) is 3.33. The van der Waals surface area contributed by atoms with Crippen molar-refractivity contribution in [2.45, 2.75) is 25.3 Å². The third-order valence-electron chi connectivity index (χ3n) is 4.17. The van der Waals surface area contributed by atoms with E-state index in [1.807, 2.05) is 12.1 Å². The highest BCUT2D eigenvalue weighted by molar-refractivity contribution is 5.27. The number of hydrogen-bond acceptors (Lipinski definition) is 3. The third kappa shape index (κ3) is 3.48. The maximum Gasteiger partial charge on any atom is 0.101 e. The molecule has 3 rings (SSSR count). The topological polar surface area (TPSA) is 39.9 Å². The van der Waals surface area contributed by atoms with Crippen LogP contribution in [0, 0.1) is 11.3 Å². The van der Waals surface area contributed by atoms with E-state index >= 15 is 0 Å². The van der Waals surface area contributed by atoms with Gasteiger partial charge in [-0.2, -0.15) is 5.26 Å². The van der Waals surface area contributed by atoms with Crippen molar-refractivity contribution < 1.29 is 0 Å². The van der Waals surface area contributed by atoms with Crippen molar-refractivity contribution in [3.8, 4) is 6.07 Å². The lowest BCUT2D eigenvalue weighted by atomic mass is 9.92. The van der Waals surface area contributed by atoms with Gasteiger partial charge in [-0.15, -0.1) is 0 Å². The first-order valence-electron chi connectivity index (χ1n) is 7.47. The minimum absolute atomic E-state index is 0.532. The van der Waals surface area contributed by atoms with Crippen molar-refractivity contribution in [1.29, 1.82) is 5.26 Å². The van der Waals surface area contributed by atoms with Gasteiger partial charge in [0, 0.05) is 24.4 Å². The van der Waals surface area contributed by atoms with Crippen LogP contribution in [0.5, 0.6) is 0 Å². The van der Waals surface area contributed by atoms with Crippen LogP contribution in [0.3, 0.4) is 0 Å². The van der Waals surface area contributed by atoms with Gasteiger partial charge in [-0.1, -0.05) is 30.3 Å². The van der Waals surface area contributed by atoms with E-state index in [1.165, 1.54) is 5.56 Å². The van der Waals surface area contributed by atoms with Crippen LogP contribution in [0.4, 0.5) is 0 Å². The molecule has 3 nitrogen and oxygen atoms in total. The lowest BCUT2D eigenvalue weighted by Crippen LogP contribution is -2.32. The average molecular weight is 277 g/mol. The standard InChI is InChI=1S/C18H19N3/c19-12-16-6-7-18(20-13-16)17-8-10-21(11-9-17)14-15-4-2-1-3-5-15/h1-7,13,17H,8-11,14H2. The van der Waals surface area contributed by atoms with Gasteiger partial charge in [0.25, 0.3) is 0 Å². The molecule has 0 bridgehead atoms. The van der Waals surface area contributed by atoms with Crippen LogP contribution in [0.1, 0.15) is 35.6 Å². The summed E-state index contributed by atoms with van der Waals surface area (Å²) < 4.78 is 0. The molecular formula is C18H19N3. The van der Waals surface area contributed by atoms with Gasteiger partial charge in [-0.25, -0.2) is 0 Å². The first-order chi connectivity index (χ1) is 10.3. The Labute approximate surface area is 125 Å². The van der Waals surface area contributed by atoms with Crippen LogP contribution in [-0.4, -0.2) is 23.0 Å². The van der Waals surface area contributed by atoms with Crippen LogP contribution in [0.2, 0.25) is 0 Å². The van der Waals surface area contributed by atoms with Gasteiger partial charge < -0.3 is 0 Å². The first-order valence-corrected chi connectivity index (χ1v) is 7.47. The molecule has 0 amide bonds. The number of piperidine rings is 1. The number of likely N-dealkylation sites (tertiary alicyclic amines) is 1. The van der Waals surface area contributed by atoms with Gasteiger partial charge >= 0.3 is 0 Å². The Kier molecular flexibility index (Phi) is 4.28. The Balaban J connectivity index is 1.56. The summed E-state index contributed by atoms with van der Waals surface area (Å²) in [6.45, 7) is 3.26. The smallest absolute Gasteiger partial charge is 0.101 e. The number of hydrogen-bond donors (Lipinski definition) is 0. The Hall–Kier alpha value is -2.18.